The van der Waals surface area contributed by atoms with E-state index in [-0.39, 0.29) is 24.5 Å². The highest BCUT2D eigenvalue weighted by atomic mass is 32.2. The number of hydrogen-bond donors (Lipinski definition) is 1. The molecule has 1 aliphatic carbocycles. The van der Waals surface area contributed by atoms with Gasteiger partial charge in [0.2, 0.25) is 0 Å². The molecule has 0 radical (unpaired) electrons. The molecular weight excluding hydrogens is 359 g/mol. The van der Waals surface area contributed by atoms with Gasteiger partial charge in [0.1, 0.15) is 6.61 Å². The van der Waals surface area contributed by atoms with Crippen LogP contribution in [0, 0.1) is 0 Å². The summed E-state index contributed by atoms with van der Waals surface area (Å²) in [5.74, 6) is -0.0193. The highest BCUT2D eigenvalue weighted by Crippen LogP contribution is 2.31. The molecule has 140 valence electrons. The second-order valence-corrected chi connectivity index (χ2v) is 8.05. The highest BCUT2D eigenvalue weighted by Gasteiger charge is 2.46. The molecule has 0 heterocycles. The summed E-state index contributed by atoms with van der Waals surface area (Å²) in [6.07, 6.45) is 3.20. The molecule has 0 unspecified atom stereocenters. The molecule has 1 aromatic rings. The molecule has 0 amide bonds. The Hall–Kier alpha value is -1.61. The normalized spacial score (nSPS) is 21.8. The number of benzene rings is 1. The fourth-order valence-electron chi connectivity index (χ4n) is 2.71. The van der Waals surface area contributed by atoms with Crippen molar-refractivity contribution < 1.29 is 31.1 Å². The largest absolute Gasteiger partial charge is 0.501 e. The first-order valence-electron chi connectivity index (χ1n) is 7.88. The lowest BCUT2D eigenvalue weighted by Gasteiger charge is -2.29. The number of nitrogens with one attached hydrogen (secondary N) is 1. The van der Waals surface area contributed by atoms with E-state index >= 15 is 0 Å². The summed E-state index contributed by atoms with van der Waals surface area (Å²) in [6.45, 7) is 1.58. The van der Waals surface area contributed by atoms with Crippen LogP contribution in [0.3, 0.4) is 0 Å². The Morgan fingerprint density at radius 2 is 1.72 bits per heavy atom. The van der Waals surface area contributed by atoms with Gasteiger partial charge in [0.15, 0.2) is 5.78 Å². The molecule has 1 saturated carbocycles. The van der Waals surface area contributed by atoms with E-state index in [0.29, 0.717) is 5.69 Å². The first kappa shape index (κ1) is 19.7. The van der Waals surface area contributed by atoms with Gasteiger partial charge in [0.25, 0.3) is 9.84 Å². The molecule has 5 nitrogen and oxygen atoms in total. The molecule has 0 spiro atoms. The molecule has 0 aromatic heterocycles. The van der Waals surface area contributed by atoms with Crippen molar-refractivity contribution in [1.82, 2.24) is 0 Å². The van der Waals surface area contributed by atoms with Gasteiger partial charge >= 0.3 is 5.51 Å². The standard InChI is InChI=1S/C16H20F3NO4S/c1-11(21)10-24-14-6-2-12(3-7-14)20-13-4-8-15(9-5-13)25(22,23)16(17,18)19/h4-5,8-9,12,14,20H,2-3,6-7,10H2,1H3/t12-,14-. The third kappa shape index (κ3) is 5.18. The first-order valence-corrected chi connectivity index (χ1v) is 9.37. The lowest BCUT2D eigenvalue weighted by molar-refractivity contribution is -0.124. The lowest BCUT2D eigenvalue weighted by atomic mass is 9.92. The number of Topliss-reactive ketones (excluding diaryl/α,β-unsaturated/α-hetero) is 1. The van der Waals surface area contributed by atoms with E-state index in [1.54, 1.807) is 0 Å². The SMILES string of the molecule is CC(=O)CO[C@H]1CC[C@H](Nc2ccc(S(=O)(=O)C(F)(F)F)cc2)CC1. The maximum atomic E-state index is 12.5. The minimum absolute atomic E-state index is 0.0193. The summed E-state index contributed by atoms with van der Waals surface area (Å²) in [5.41, 5.74) is -4.74. The Kier molecular flexibility index (Phi) is 6.10. The number of alkyl halides is 3. The number of sulfone groups is 1. The van der Waals surface area contributed by atoms with Gasteiger partial charge in [0, 0.05) is 11.7 Å². The Balaban J connectivity index is 1.90. The molecule has 1 aliphatic rings. The third-order valence-corrected chi connectivity index (χ3v) is 5.54. The molecule has 0 saturated heterocycles. The minimum Gasteiger partial charge on any atom is -0.382 e. The molecule has 0 aliphatic heterocycles. The topological polar surface area (TPSA) is 72.5 Å². The van der Waals surface area contributed by atoms with Gasteiger partial charge in [-0.1, -0.05) is 0 Å². The van der Waals surface area contributed by atoms with Crippen LogP contribution in [0.25, 0.3) is 0 Å². The van der Waals surface area contributed by atoms with Crippen LogP contribution in [-0.4, -0.2) is 38.5 Å². The molecule has 2 rings (SSSR count). The van der Waals surface area contributed by atoms with Gasteiger partial charge < -0.3 is 10.1 Å². The summed E-state index contributed by atoms with van der Waals surface area (Å²) < 4.78 is 65.6. The Morgan fingerprint density at radius 3 is 2.20 bits per heavy atom. The van der Waals surface area contributed by atoms with Crippen LogP contribution in [0.2, 0.25) is 0 Å². The zero-order valence-electron chi connectivity index (χ0n) is 13.7. The van der Waals surface area contributed by atoms with Crippen LogP contribution in [0.5, 0.6) is 0 Å². The van der Waals surface area contributed by atoms with Gasteiger partial charge in [-0.25, -0.2) is 8.42 Å². The molecule has 1 aromatic carbocycles. The molecular formula is C16H20F3NO4S. The number of ether oxygens (including phenoxy) is 1. The predicted molar refractivity (Wildman–Crippen MR) is 86.0 cm³/mol. The van der Waals surface area contributed by atoms with Gasteiger partial charge in [-0.15, -0.1) is 0 Å². The van der Waals surface area contributed by atoms with E-state index in [1.807, 2.05) is 0 Å². The lowest BCUT2D eigenvalue weighted by Crippen LogP contribution is -2.30. The van der Waals surface area contributed by atoms with Crippen molar-refractivity contribution in [1.29, 1.82) is 0 Å². The zero-order valence-corrected chi connectivity index (χ0v) is 14.5. The van der Waals surface area contributed by atoms with Crippen LogP contribution in [-0.2, 0) is 19.4 Å². The summed E-state index contributed by atoms with van der Waals surface area (Å²) in [7, 11) is -5.32. The quantitative estimate of drug-likeness (QED) is 0.821. The number of ketones is 1. The van der Waals surface area contributed by atoms with Crippen molar-refractivity contribution in [2.24, 2.45) is 0 Å². The Morgan fingerprint density at radius 1 is 1.16 bits per heavy atom. The number of carbonyl (C=O) groups is 1. The molecule has 25 heavy (non-hydrogen) atoms. The molecule has 0 atom stereocenters. The second-order valence-electron chi connectivity index (χ2n) is 6.10. The van der Waals surface area contributed by atoms with Gasteiger partial charge in [-0.3, -0.25) is 4.79 Å². The molecule has 0 bridgehead atoms. The number of rotatable bonds is 6. The summed E-state index contributed by atoms with van der Waals surface area (Å²) in [5, 5.41) is 3.19. The van der Waals surface area contributed by atoms with E-state index in [1.165, 1.54) is 19.1 Å². The summed E-state index contributed by atoms with van der Waals surface area (Å²) >= 11 is 0. The smallest absolute Gasteiger partial charge is 0.382 e. The average Bonchev–Trinajstić information content (AvgIpc) is 2.53. The Labute approximate surface area is 144 Å². The van der Waals surface area contributed by atoms with Crippen LogP contribution < -0.4 is 5.32 Å². The minimum atomic E-state index is -5.32. The van der Waals surface area contributed by atoms with Gasteiger partial charge in [-0.05, 0) is 56.9 Å². The number of carbonyl (C=O) groups excluding carboxylic acids is 1. The van der Waals surface area contributed by atoms with Crippen molar-refractivity contribution >= 4 is 21.3 Å². The predicted octanol–water partition coefficient (Wildman–Crippen LogP) is 3.31. The number of anilines is 1. The van der Waals surface area contributed by atoms with E-state index in [0.717, 1.165) is 37.8 Å². The van der Waals surface area contributed by atoms with Crippen molar-refractivity contribution in [2.45, 2.75) is 55.2 Å². The fourth-order valence-corrected chi connectivity index (χ4v) is 3.47. The number of hydrogen-bond acceptors (Lipinski definition) is 5. The second kappa shape index (κ2) is 7.74. The van der Waals surface area contributed by atoms with E-state index < -0.39 is 20.2 Å². The summed E-state index contributed by atoms with van der Waals surface area (Å²) in [4.78, 5) is 10.1. The van der Waals surface area contributed by atoms with Crippen LogP contribution >= 0.6 is 0 Å². The van der Waals surface area contributed by atoms with Crippen LogP contribution in [0.4, 0.5) is 18.9 Å². The molecule has 1 fully saturated rings. The van der Waals surface area contributed by atoms with E-state index in [9.17, 15) is 26.4 Å². The van der Waals surface area contributed by atoms with Gasteiger partial charge in [-0.2, -0.15) is 13.2 Å². The summed E-state index contributed by atoms with van der Waals surface area (Å²) in [6, 6.07) is 4.69. The van der Waals surface area contributed by atoms with Crippen LogP contribution in [0.15, 0.2) is 29.2 Å². The fraction of sp³-hybridized carbons (Fsp3) is 0.562. The van der Waals surface area contributed by atoms with Gasteiger partial charge in [0.05, 0.1) is 11.0 Å². The van der Waals surface area contributed by atoms with Crippen molar-refractivity contribution in [2.75, 3.05) is 11.9 Å². The zero-order chi connectivity index (χ0) is 18.7. The van der Waals surface area contributed by atoms with E-state index in [2.05, 4.69) is 5.32 Å². The van der Waals surface area contributed by atoms with Crippen molar-refractivity contribution in [3.8, 4) is 0 Å². The Bertz CT molecular complexity index is 693. The first-order chi connectivity index (χ1) is 11.6. The average molecular weight is 379 g/mol. The van der Waals surface area contributed by atoms with Crippen molar-refractivity contribution in [3.63, 3.8) is 0 Å². The van der Waals surface area contributed by atoms with Crippen molar-refractivity contribution in [3.05, 3.63) is 24.3 Å². The molecule has 1 N–H and O–H groups in total. The maximum absolute atomic E-state index is 12.5. The maximum Gasteiger partial charge on any atom is 0.501 e. The van der Waals surface area contributed by atoms with Crippen LogP contribution in [0.1, 0.15) is 32.6 Å². The highest BCUT2D eigenvalue weighted by molar-refractivity contribution is 7.92. The monoisotopic (exact) mass is 379 g/mol. The van der Waals surface area contributed by atoms with E-state index in [4.69, 9.17) is 4.74 Å². The number of halogens is 3. The molecule has 9 heteroatoms. The third-order valence-electron chi connectivity index (χ3n) is 4.04.